The molecule has 3 aromatic carbocycles. The fourth-order valence-electron chi connectivity index (χ4n) is 3.87. The molecule has 0 spiro atoms. The van der Waals surface area contributed by atoms with Crippen molar-refractivity contribution in [3.05, 3.63) is 71.3 Å². The largest absolute Gasteiger partial charge is 0.416 e. The van der Waals surface area contributed by atoms with Crippen LogP contribution in [0.2, 0.25) is 0 Å². The molecule has 28 heavy (non-hydrogen) atoms. The van der Waals surface area contributed by atoms with Crippen LogP contribution >= 0.6 is 0 Å². The molecule has 0 bridgehead atoms. The average Bonchev–Trinajstić information content (AvgIpc) is 2.61. The molecule has 0 radical (unpaired) electrons. The van der Waals surface area contributed by atoms with E-state index in [2.05, 4.69) is 0 Å². The summed E-state index contributed by atoms with van der Waals surface area (Å²) in [6.45, 7) is 0. The van der Waals surface area contributed by atoms with Gasteiger partial charge in [0.05, 0.1) is 11.6 Å². The predicted octanol–water partition coefficient (Wildman–Crippen LogP) is 4.66. The number of anilines is 4. The fourth-order valence-corrected chi connectivity index (χ4v) is 3.87. The predicted molar refractivity (Wildman–Crippen MR) is 107 cm³/mol. The summed E-state index contributed by atoms with van der Waals surface area (Å²) in [4.78, 5) is 1.91. The van der Waals surface area contributed by atoms with Crippen molar-refractivity contribution in [2.45, 2.75) is 12.2 Å². The SMILES string of the molecule is CN1c2cc(N)ccc2-c2ccc(N)cc2C1c1cc(N)cc(C(F)(F)F)c1. The van der Waals surface area contributed by atoms with Crippen LogP contribution in [0.5, 0.6) is 0 Å². The first-order valence-electron chi connectivity index (χ1n) is 8.65. The van der Waals surface area contributed by atoms with Crippen LogP contribution in [0, 0.1) is 0 Å². The maximum absolute atomic E-state index is 13.4. The zero-order valence-electron chi connectivity index (χ0n) is 15.1. The van der Waals surface area contributed by atoms with Crippen molar-refractivity contribution in [3.8, 4) is 11.1 Å². The number of alkyl halides is 3. The number of halogens is 3. The molecule has 4 rings (SSSR count). The Kier molecular flexibility index (Phi) is 3.92. The van der Waals surface area contributed by atoms with Gasteiger partial charge in [-0.25, -0.2) is 0 Å². The summed E-state index contributed by atoms with van der Waals surface area (Å²) in [6.07, 6.45) is -4.49. The Bertz CT molecular complexity index is 1080. The Labute approximate surface area is 160 Å². The number of fused-ring (bicyclic) bond motifs is 3. The van der Waals surface area contributed by atoms with Crippen LogP contribution in [0.4, 0.5) is 35.9 Å². The highest BCUT2D eigenvalue weighted by Gasteiger charge is 2.35. The molecule has 0 aromatic heterocycles. The maximum Gasteiger partial charge on any atom is 0.416 e. The van der Waals surface area contributed by atoms with Crippen LogP contribution in [-0.4, -0.2) is 7.05 Å². The van der Waals surface area contributed by atoms with Crippen molar-refractivity contribution >= 4 is 22.7 Å². The van der Waals surface area contributed by atoms with E-state index < -0.39 is 17.8 Å². The minimum atomic E-state index is -4.49. The van der Waals surface area contributed by atoms with Crippen LogP contribution < -0.4 is 22.1 Å². The summed E-state index contributed by atoms with van der Waals surface area (Å²) >= 11 is 0. The van der Waals surface area contributed by atoms with Gasteiger partial charge in [0, 0.05) is 35.4 Å². The molecular formula is C21H19F3N4. The van der Waals surface area contributed by atoms with E-state index in [1.807, 2.05) is 30.1 Å². The molecule has 144 valence electrons. The molecule has 0 aliphatic carbocycles. The van der Waals surface area contributed by atoms with E-state index in [9.17, 15) is 13.2 Å². The van der Waals surface area contributed by atoms with Crippen LogP contribution in [0.25, 0.3) is 11.1 Å². The van der Waals surface area contributed by atoms with Crippen LogP contribution in [0.1, 0.15) is 22.7 Å². The minimum absolute atomic E-state index is 0.0575. The number of nitrogens with two attached hydrogens (primary N) is 3. The lowest BCUT2D eigenvalue weighted by atomic mass is 9.84. The minimum Gasteiger partial charge on any atom is -0.399 e. The second-order valence-electron chi connectivity index (χ2n) is 7.02. The highest BCUT2D eigenvalue weighted by atomic mass is 19.4. The van der Waals surface area contributed by atoms with E-state index in [0.29, 0.717) is 16.9 Å². The Morgan fingerprint density at radius 2 is 1.43 bits per heavy atom. The molecule has 0 fully saturated rings. The standard InChI is InChI=1S/C21H19F3N4/c1-28-19-10-14(26)3-5-17(19)16-4-2-13(25)9-18(16)20(28)11-6-12(21(22,23)24)8-15(27)7-11/h2-10,20H,25-27H2,1H3. The lowest BCUT2D eigenvalue weighted by Gasteiger charge is -2.38. The quantitative estimate of drug-likeness (QED) is 0.533. The molecule has 1 atom stereocenters. The first-order valence-corrected chi connectivity index (χ1v) is 8.65. The first kappa shape index (κ1) is 18.0. The first-order chi connectivity index (χ1) is 13.1. The van der Waals surface area contributed by atoms with Crippen molar-refractivity contribution < 1.29 is 13.2 Å². The third-order valence-corrected chi connectivity index (χ3v) is 5.07. The summed E-state index contributed by atoms with van der Waals surface area (Å²) in [5.41, 5.74) is 22.1. The van der Waals surface area contributed by atoms with E-state index in [1.54, 1.807) is 24.3 Å². The van der Waals surface area contributed by atoms with Gasteiger partial charge in [0.2, 0.25) is 0 Å². The van der Waals surface area contributed by atoms with E-state index in [4.69, 9.17) is 17.2 Å². The number of nitrogen functional groups attached to an aromatic ring is 3. The van der Waals surface area contributed by atoms with Gasteiger partial charge in [-0.3, -0.25) is 0 Å². The Hall–Kier alpha value is -3.35. The molecule has 7 heteroatoms. The molecule has 0 saturated heterocycles. The van der Waals surface area contributed by atoms with Crippen molar-refractivity contribution in [3.63, 3.8) is 0 Å². The van der Waals surface area contributed by atoms with Gasteiger partial charge in [-0.1, -0.05) is 12.1 Å². The van der Waals surface area contributed by atoms with Gasteiger partial charge in [-0.2, -0.15) is 13.2 Å². The van der Waals surface area contributed by atoms with Crippen molar-refractivity contribution in [1.82, 2.24) is 0 Å². The highest BCUT2D eigenvalue weighted by molar-refractivity contribution is 5.88. The maximum atomic E-state index is 13.4. The summed E-state index contributed by atoms with van der Waals surface area (Å²) in [5, 5.41) is 0. The fraction of sp³-hybridized carbons (Fsp3) is 0.143. The molecule has 1 aliphatic heterocycles. The molecule has 0 amide bonds. The number of nitrogens with zero attached hydrogens (tertiary/aromatic N) is 1. The Morgan fingerprint density at radius 3 is 2.11 bits per heavy atom. The second-order valence-corrected chi connectivity index (χ2v) is 7.02. The summed E-state index contributed by atoms with van der Waals surface area (Å²) in [5.74, 6) is 0. The van der Waals surface area contributed by atoms with Crippen LogP contribution in [0.15, 0.2) is 54.6 Å². The van der Waals surface area contributed by atoms with Gasteiger partial charge in [-0.05, 0) is 59.2 Å². The second kappa shape index (κ2) is 6.09. The number of benzene rings is 3. The van der Waals surface area contributed by atoms with E-state index in [1.165, 1.54) is 0 Å². The zero-order chi connectivity index (χ0) is 20.2. The third-order valence-electron chi connectivity index (χ3n) is 5.07. The Morgan fingerprint density at radius 1 is 0.786 bits per heavy atom. The highest BCUT2D eigenvalue weighted by Crippen LogP contribution is 2.48. The molecule has 3 aromatic rings. The monoisotopic (exact) mass is 384 g/mol. The lowest BCUT2D eigenvalue weighted by Crippen LogP contribution is -2.29. The van der Waals surface area contributed by atoms with Gasteiger partial charge in [-0.15, -0.1) is 0 Å². The van der Waals surface area contributed by atoms with E-state index >= 15 is 0 Å². The number of hydrogen-bond acceptors (Lipinski definition) is 4. The van der Waals surface area contributed by atoms with Gasteiger partial charge in [0.1, 0.15) is 0 Å². The van der Waals surface area contributed by atoms with Gasteiger partial charge in [0.25, 0.3) is 0 Å². The topological polar surface area (TPSA) is 81.3 Å². The summed E-state index contributed by atoms with van der Waals surface area (Å²) in [7, 11) is 1.82. The van der Waals surface area contributed by atoms with Gasteiger partial charge >= 0.3 is 6.18 Å². The Balaban J connectivity index is 1.98. The van der Waals surface area contributed by atoms with Crippen LogP contribution in [-0.2, 0) is 6.18 Å². The molecule has 1 unspecified atom stereocenters. The number of hydrogen-bond donors (Lipinski definition) is 3. The summed E-state index contributed by atoms with van der Waals surface area (Å²) < 4.78 is 40.1. The lowest BCUT2D eigenvalue weighted by molar-refractivity contribution is -0.137. The molecule has 1 heterocycles. The van der Waals surface area contributed by atoms with Crippen LogP contribution in [0.3, 0.4) is 0 Å². The zero-order valence-corrected chi connectivity index (χ0v) is 15.1. The smallest absolute Gasteiger partial charge is 0.399 e. The molecule has 1 aliphatic rings. The normalized spacial score (nSPS) is 15.9. The van der Waals surface area contributed by atoms with Gasteiger partial charge < -0.3 is 22.1 Å². The molecule has 0 saturated carbocycles. The van der Waals surface area contributed by atoms with E-state index in [0.717, 1.165) is 34.5 Å². The van der Waals surface area contributed by atoms with Crippen molar-refractivity contribution in [2.24, 2.45) is 0 Å². The average molecular weight is 384 g/mol. The van der Waals surface area contributed by atoms with Crippen molar-refractivity contribution in [1.29, 1.82) is 0 Å². The van der Waals surface area contributed by atoms with E-state index in [-0.39, 0.29) is 5.69 Å². The summed E-state index contributed by atoms with van der Waals surface area (Å²) in [6, 6.07) is 14.2. The molecule has 6 N–H and O–H groups in total. The van der Waals surface area contributed by atoms with Crippen molar-refractivity contribution in [2.75, 3.05) is 29.1 Å². The van der Waals surface area contributed by atoms with Gasteiger partial charge in [0.15, 0.2) is 0 Å². The molecule has 4 nitrogen and oxygen atoms in total. The molecular weight excluding hydrogens is 365 g/mol. The number of rotatable bonds is 1. The third kappa shape index (κ3) is 2.89.